The first-order valence-electron chi connectivity index (χ1n) is 12.3. The van der Waals surface area contributed by atoms with Gasteiger partial charge < -0.3 is 19.5 Å². The topological polar surface area (TPSA) is 79.3 Å². The van der Waals surface area contributed by atoms with Crippen molar-refractivity contribution in [3.05, 3.63) is 89.0 Å². The number of anilines is 2. The monoisotopic (exact) mass is 500 g/mol. The van der Waals surface area contributed by atoms with Crippen molar-refractivity contribution in [1.29, 1.82) is 0 Å². The van der Waals surface area contributed by atoms with E-state index in [1.807, 2.05) is 31.2 Å². The van der Waals surface area contributed by atoms with E-state index in [4.69, 9.17) is 9.47 Å². The Kier molecular flexibility index (Phi) is 7.53. The van der Waals surface area contributed by atoms with Gasteiger partial charge in [-0.3, -0.25) is 14.5 Å². The molecule has 0 aliphatic carbocycles. The largest absolute Gasteiger partial charge is 0.507 e. The summed E-state index contributed by atoms with van der Waals surface area (Å²) in [4.78, 5) is 30.5. The third kappa shape index (κ3) is 4.77. The van der Waals surface area contributed by atoms with Gasteiger partial charge in [0, 0.05) is 36.1 Å². The number of benzene rings is 3. The maximum atomic E-state index is 13.4. The number of hydrogen-bond acceptors (Lipinski definition) is 6. The van der Waals surface area contributed by atoms with Crippen molar-refractivity contribution in [2.45, 2.75) is 26.8 Å². The summed E-state index contributed by atoms with van der Waals surface area (Å²) in [5.74, 6) is -0.463. The number of carbonyl (C=O) groups is 2. The molecule has 1 aliphatic heterocycles. The van der Waals surface area contributed by atoms with Crippen LogP contribution in [0.5, 0.6) is 11.5 Å². The SMILES string of the molecule is CCN(CC)c1ccc(C2/C(=C(\O)c3ccc(OC)c(C)c3)C(=O)C(=O)N2c2cccc(OC)c2)cc1. The highest BCUT2D eigenvalue weighted by atomic mass is 16.5. The van der Waals surface area contributed by atoms with E-state index in [1.165, 1.54) is 4.90 Å². The van der Waals surface area contributed by atoms with E-state index in [9.17, 15) is 14.7 Å². The van der Waals surface area contributed by atoms with Crippen LogP contribution >= 0.6 is 0 Å². The molecular formula is C30H32N2O5. The number of amides is 1. The summed E-state index contributed by atoms with van der Waals surface area (Å²) in [7, 11) is 3.12. The number of aliphatic hydroxyl groups is 1. The second-order valence-corrected chi connectivity index (χ2v) is 8.82. The van der Waals surface area contributed by atoms with Gasteiger partial charge in [-0.25, -0.2) is 0 Å². The van der Waals surface area contributed by atoms with Gasteiger partial charge in [0.1, 0.15) is 17.3 Å². The molecule has 1 aliphatic rings. The molecule has 0 bridgehead atoms. The predicted octanol–water partition coefficient (Wildman–Crippen LogP) is 5.48. The van der Waals surface area contributed by atoms with Gasteiger partial charge in [-0.05, 0) is 74.4 Å². The van der Waals surface area contributed by atoms with Gasteiger partial charge in [0.15, 0.2) is 0 Å². The van der Waals surface area contributed by atoms with Crippen LogP contribution in [0.3, 0.4) is 0 Å². The molecule has 1 saturated heterocycles. The zero-order chi connectivity index (χ0) is 26.7. The Morgan fingerprint density at radius 1 is 0.946 bits per heavy atom. The molecule has 0 radical (unpaired) electrons. The maximum absolute atomic E-state index is 13.4. The molecule has 0 saturated carbocycles. The van der Waals surface area contributed by atoms with E-state index in [-0.39, 0.29) is 11.3 Å². The van der Waals surface area contributed by atoms with Gasteiger partial charge in [0.25, 0.3) is 11.7 Å². The van der Waals surface area contributed by atoms with E-state index in [0.717, 1.165) is 24.3 Å². The first-order valence-corrected chi connectivity index (χ1v) is 12.3. The molecule has 7 heteroatoms. The van der Waals surface area contributed by atoms with Crippen LogP contribution in [0.1, 0.15) is 36.6 Å². The molecule has 1 fully saturated rings. The quantitative estimate of drug-likeness (QED) is 0.251. The van der Waals surface area contributed by atoms with Crippen molar-refractivity contribution >= 4 is 28.8 Å². The number of methoxy groups -OCH3 is 2. The van der Waals surface area contributed by atoms with Crippen LogP contribution in [-0.4, -0.2) is 44.1 Å². The lowest BCUT2D eigenvalue weighted by Gasteiger charge is -2.27. The van der Waals surface area contributed by atoms with E-state index < -0.39 is 17.7 Å². The molecule has 3 aromatic rings. The summed E-state index contributed by atoms with van der Waals surface area (Å²) in [6.07, 6.45) is 0. The standard InChI is InChI=1S/C30H32N2O5/c1-6-31(7-2)22-14-11-20(12-15-22)27-26(28(33)21-13-16-25(37-5)19(3)17-21)29(34)30(35)32(27)23-9-8-10-24(18-23)36-4/h8-18,27,33H,6-7H2,1-5H3/b28-26+. The van der Waals surface area contributed by atoms with Crippen LogP contribution in [0.4, 0.5) is 11.4 Å². The van der Waals surface area contributed by atoms with Crippen LogP contribution in [0, 0.1) is 6.92 Å². The Labute approximate surface area is 217 Å². The van der Waals surface area contributed by atoms with Crippen molar-refractivity contribution in [3.8, 4) is 11.5 Å². The molecule has 192 valence electrons. The summed E-state index contributed by atoms with van der Waals surface area (Å²) >= 11 is 0. The highest BCUT2D eigenvalue weighted by molar-refractivity contribution is 6.51. The molecule has 0 spiro atoms. The van der Waals surface area contributed by atoms with Crippen molar-refractivity contribution in [3.63, 3.8) is 0 Å². The van der Waals surface area contributed by atoms with E-state index >= 15 is 0 Å². The van der Waals surface area contributed by atoms with Crippen LogP contribution in [0.2, 0.25) is 0 Å². The fraction of sp³-hybridized carbons (Fsp3) is 0.267. The van der Waals surface area contributed by atoms with Gasteiger partial charge >= 0.3 is 0 Å². The van der Waals surface area contributed by atoms with E-state index in [1.54, 1.807) is 56.7 Å². The lowest BCUT2D eigenvalue weighted by molar-refractivity contribution is -0.132. The molecule has 1 atom stereocenters. The summed E-state index contributed by atoms with van der Waals surface area (Å²) in [6.45, 7) is 7.75. The molecule has 4 rings (SSSR count). The van der Waals surface area contributed by atoms with Gasteiger partial charge in [-0.15, -0.1) is 0 Å². The number of ketones is 1. The fourth-order valence-electron chi connectivity index (χ4n) is 4.81. The average molecular weight is 501 g/mol. The van der Waals surface area contributed by atoms with Crippen molar-refractivity contribution in [2.75, 3.05) is 37.1 Å². The molecule has 1 N–H and O–H groups in total. The Balaban J connectivity index is 1.91. The molecule has 1 heterocycles. The first-order chi connectivity index (χ1) is 17.8. The number of nitrogens with zero attached hydrogens (tertiary/aromatic N) is 2. The van der Waals surface area contributed by atoms with E-state index in [2.05, 4.69) is 18.7 Å². The average Bonchev–Trinajstić information content (AvgIpc) is 3.19. The van der Waals surface area contributed by atoms with E-state index in [0.29, 0.717) is 28.3 Å². The van der Waals surface area contributed by atoms with Gasteiger partial charge in [-0.1, -0.05) is 18.2 Å². The minimum absolute atomic E-state index is 0.0352. The summed E-state index contributed by atoms with van der Waals surface area (Å²) < 4.78 is 10.7. The molecule has 1 unspecified atom stereocenters. The van der Waals surface area contributed by atoms with Crippen LogP contribution < -0.4 is 19.3 Å². The molecular weight excluding hydrogens is 468 g/mol. The molecule has 3 aromatic carbocycles. The summed E-state index contributed by atoms with van der Waals surface area (Å²) in [5.41, 5.74) is 3.53. The summed E-state index contributed by atoms with van der Waals surface area (Å²) in [5, 5.41) is 11.4. The third-order valence-corrected chi connectivity index (χ3v) is 6.78. The Bertz CT molecular complexity index is 1340. The minimum atomic E-state index is -0.819. The van der Waals surface area contributed by atoms with Crippen molar-refractivity contribution in [1.82, 2.24) is 0 Å². The Hall–Kier alpha value is -4.26. The Morgan fingerprint density at radius 2 is 1.65 bits per heavy atom. The van der Waals surface area contributed by atoms with Gasteiger partial charge in [-0.2, -0.15) is 0 Å². The second-order valence-electron chi connectivity index (χ2n) is 8.82. The minimum Gasteiger partial charge on any atom is -0.507 e. The summed E-state index contributed by atoms with van der Waals surface area (Å²) in [6, 6.07) is 19.1. The lowest BCUT2D eigenvalue weighted by Crippen LogP contribution is -2.29. The fourth-order valence-corrected chi connectivity index (χ4v) is 4.81. The number of carbonyl (C=O) groups excluding carboxylic acids is 2. The van der Waals surface area contributed by atoms with Gasteiger partial charge in [0.2, 0.25) is 0 Å². The van der Waals surface area contributed by atoms with Crippen LogP contribution in [0.25, 0.3) is 5.76 Å². The van der Waals surface area contributed by atoms with Crippen LogP contribution in [-0.2, 0) is 9.59 Å². The molecule has 37 heavy (non-hydrogen) atoms. The molecule has 0 aromatic heterocycles. The van der Waals surface area contributed by atoms with Gasteiger partial charge in [0.05, 0.1) is 25.8 Å². The number of ether oxygens (including phenoxy) is 2. The van der Waals surface area contributed by atoms with Crippen molar-refractivity contribution < 1.29 is 24.2 Å². The number of Topliss-reactive ketones (excluding diaryl/α,β-unsaturated/α-hetero) is 1. The number of aliphatic hydroxyl groups excluding tert-OH is 1. The van der Waals surface area contributed by atoms with Crippen molar-refractivity contribution in [2.24, 2.45) is 0 Å². The zero-order valence-corrected chi connectivity index (χ0v) is 21.8. The Morgan fingerprint density at radius 3 is 2.24 bits per heavy atom. The molecule has 7 nitrogen and oxygen atoms in total. The number of rotatable bonds is 8. The second kappa shape index (κ2) is 10.8. The maximum Gasteiger partial charge on any atom is 0.300 e. The normalized spacial score (nSPS) is 16.7. The highest BCUT2D eigenvalue weighted by Gasteiger charge is 2.47. The third-order valence-electron chi connectivity index (χ3n) is 6.78. The highest BCUT2D eigenvalue weighted by Crippen LogP contribution is 2.43. The number of aryl methyl sites for hydroxylation is 1. The lowest BCUT2D eigenvalue weighted by atomic mass is 9.94. The first kappa shape index (κ1) is 25.8. The predicted molar refractivity (Wildman–Crippen MR) is 146 cm³/mol. The van der Waals surface area contributed by atoms with Crippen LogP contribution in [0.15, 0.2) is 72.3 Å². The smallest absolute Gasteiger partial charge is 0.300 e. The number of hydrogen-bond donors (Lipinski definition) is 1. The molecule has 1 amide bonds. The zero-order valence-electron chi connectivity index (χ0n) is 21.8.